The Labute approximate surface area is 102 Å². The summed E-state index contributed by atoms with van der Waals surface area (Å²) in [4.78, 5) is 4.55. The van der Waals surface area contributed by atoms with E-state index in [1.807, 2.05) is 6.07 Å². The molecular formula is C13H20FN3. The van der Waals surface area contributed by atoms with E-state index < -0.39 is 0 Å². The zero-order valence-corrected chi connectivity index (χ0v) is 10.5. The van der Waals surface area contributed by atoms with E-state index in [4.69, 9.17) is 5.73 Å². The zero-order chi connectivity index (χ0) is 12.4. The summed E-state index contributed by atoms with van der Waals surface area (Å²) in [5, 5.41) is 0. The number of nitrogens with two attached hydrogens (primary N) is 1. The topological polar surface area (TPSA) is 32.5 Å². The first-order valence-corrected chi connectivity index (χ1v) is 6.06. The van der Waals surface area contributed by atoms with Crippen molar-refractivity contribution in [2.24, 2.45) is 5.73 Å². The molecule has 1 heterocycles. The Bertz CT molecular complexity index is 394. The van der Waals surface area contributed by atoms with Crippen molar-refractivity contribution >= 4 is 5.69 Å². The average molecular weight is 237 g/mol. The fraction of sp³-hybridized carbons (Fsp3) is 0.538. The first-order chi connectivity index (χ1) is 8.13. The van der Waals surface area contributed by atoms with Gasteiger partial charge in [-0.25, -0.2) is 4.39 Å². The summed E-state index contributed by atoms with van der Waals surface area (Å²) < 4.78 is 13.7. The molecule has 0 aliphatic carbocycles. The van der Waals surface area contributed by atoms with Gasteiger partial charge in [0.15, 0.2) is 0 Å². The van der Waals surface area contributed by atoms with Gasteiger partial charge in [-0.1, -0.05) is 6.07 Å². The number of hydrogen-bond donors (Lipinski definition) is 1. The van der Waals surface area contributed by atoms with Crippen LogP contribution in [0.4, 0.5) is 10.1 Å². The number of rotatable bonds is 2. The minimum absolute atomic E-state index is 0.198. The average Bonchev–Trinajstić information content (AvgIpc) is 2.32. The number of halogens is 1. The standard InChI is InChI=1S/C13H20FN3/c1-10-9-17(7-6-16(10)2)13-5-3-4-12(14)11(13)8-15/h3-5,10H,6-9,15H2,1-2H3. The smallest absolute Gasteiger partial charge is 0.129 e. The molecule has 2 rings (SSSR count). The van der Waals surface area contributed by atoms with Gasteiger partial charge in [-0.05, 0) is 26.1 Å². The molecule has 17 heavy (non-hydrogen) atoms. The van der Waals surface area contributed by atoms with Crippen LogP contribution in [0.2, 0.25) is 0 Å². The minimum atomic E-state index is -0.198. The second kappa shape index (κ2) is 5.02. The second-order valence-corrected chi connectivity index (χ2v) is 4.72. The maximum absolute atomic E-state index is 13.7. The molecular weight excluding hydrogens is 217 g/mol. The molecule has 0 bridgehead atoms. The van der Waals surface area contributed by atoms with Crippen molar-refractivity contribution in [3.8, 4) is 0 Å². The molecule has 3 nitrogen and oxygen atoms in total. The molecule has 0 spiro atoms. The predicted octanol–water partition coefficient (Wildman–Crippen LogP) is 1.42. The summed E-state index contributed by atoms with van der Waals surface area (Å²) in [6.07, 6.45) is 0. The summed E-state index contributed by atoms with van der Waals surface area (Å²) in [5.74, 6) is -0.198. The number of benzene rings is 1. The van der Waals surface area contributed by atoms with E-state index >= 15 is 0 Å². The van der Waals surface area contributed by atoms with Crippen molar-refractivity contribution < 1.29 is 4.39 Å². The van der Waals surface area contributed by atoms with Crippen LogP contribution in [0.25, 0.3) is 0 Å². The third-order valence-corrected chi connectivity index (χ3v) is 3.60. The molecule has 1 unspecified atom stereocenters. The molecule has 1 atom stereocenters. The van der Waals surface area contributed by atoms with Gasteiger partial charge in [-0.15, -0.1) is 0 Å². The molecule has 1 aliphatic rings. The number of piperazine rings is 1. The maximum atomic E-state index is 13.7. The Morgan fingerprint density at radius 2 is 2.18 bits per heavy atom. The minimum Gasteiger partial charge on any atom is -0.368 e. The van der Waals surface area contributed by atoms with E-state index in [-0.39, 0.29) is 12.4 Å². The summed E-state index contributed by atoms with van der Waals surface area (Å²) in [6, 6.07) is 5.68. The number of anilines is 1. The van der Waals surface area contributed by atoms with Crippen LogP contribution in [0.3, 0.4) is 0 Å². The van der Waals surface area contributed by atoms with E-state index in [1.54, 1.807) is 6.07 Å². The lowest BCUT2D eigenvalue weighted by atomic mass is 10.1. The lowest BCUT2D eigenvalue weighted by Crippen LogP contribution is -2.50. The van der Waals surface area contributed by atoms with Crippen LogP contribution in [-0.4, -0.2) is 37.6 Å². The quantitative estimate of drug-likeness (QED) is 0.844. The van der Waals surface area contributed by atoms with E-state index in [0.29, 0.717) is 11.6 Å². The normalized spacial score (nSPS) is 21.9. The fourth-order valence-electron chi connectivity index (χ4n) is 2.31. The third-order valence-electron chi connectivity index (χ3n) is 3.60. The van der Waals surface area contributed by atoms with Gasteiger partial charge in [0.2, 0.25) is 0 Å². The first kappa shape index (κ1) is 12.3. The molecule has 1 fully saturated rings. The highest BCUT2D eigenvalue weighted by atomic mass is 19.1. The van der Waals surface area contributed by atoms with E-state index in [1.165, 1.54) is 6.07 Å². The summed E-state index contributed by atoms with van der Waals surface area (Å²) in [5.41, 5.74) is 7.22. The molecule has 1 aliphatic heterocycles. The lowest BCUT2D eigenvalue weighted by Gasteiger charge is -2.39. The highest BCUT2D eigenvalue weighted by Crippen LogP contribution is 2.25. The van der Waals surface area contributed by atoms with Crippen molar-refractivity contribution in [3.63, 3.8) is 0 Å². The Kier molecular flexibility index (Phi) is 3.64. The van der Waals surface area contributed by atoms with Gasteiger partial charge in [-0.3, -0.25) is 0 Å². The van der Waals surface area contributed by atoms with Crippen molar-refractivity contribution in [2.45, 2.75) is 19.5 Å². The lowest BCUT2D eigenvalue weighted by molar-refractivity contribution is 0.234. The van der Waals surface area contributed by atoms with Crippen molar-refractivity contribution in [2.75, 3.05) is 31.6 Å². The van der Waals surface area contributed by atoms with Crippen LogP contribution in [0.15, 0.2) is 18.2 Å². The number of nitrogens with zero attached hydrogens (tertiary/aromatic N) is 2. The molecule has 0 amide bonds. The highest BCUT2D eigenvalue weighted by molar-refractivity contribution is 5.54. The van der Waals surface area contributed by atoms with Crippen LogP contribution in [-0.2, 0) is 6.54 Å². The van der Waals surface area contributed by atoms with Crippen LogP contribution in [0, 0.1) is 5.82 Å². The van der Waals surface area contributed by atoms with Crippen molar-refractivity contribution in [1.82, 2.24) is 4.90 Å². The fourth-order valence-corrected chi connectivity index (χ4v) is 2.31. The number of likely N-dealkylation sites (N-methyl/N-ethyl adjacent to an activating group) is 1. The van der Waals surface area contributed by atoms with Crippen LogP contribution < -0.4 is 10.6 Å². The van der Waals surface area contributed by atoms with Gasteiger partial charge >= 0.3 is 0 Å². The first-order valence-electron chi connectivity index (χ1n) is 6.06. The molecule has 4 heteroatoms. The monoisotopic (exact) mass is 237 g/mol. The summed E-state index contributed by atoms with van der Waals surface area (Å²) in [6.45, 7) is 5.29. The Morgan fingerprint density at radius 1 is 1.41 bits per heavy atom. The SMILES string of the molecule is CC1CN(c2cccc(F)c2CN)CCN1C. The summed E-state index contributed by atoms with van der Waals surface area (Å²) >= 11 is 0. The van der Waals surface area contributed by atoms with Crippen molar-refractivity contribution in [1.29, 1.82) is 0 Å². The Hall–Kier alpha value is -1.13. The van der Waals surface area contributed by atoms with E-state index in [9.17, 15) is 4.39 Å². The van der Waals surface area contributed by atoms with Gasteiger partial charge in [0.1, 0.15) is 5.82 Å². The molecule has 1 aromatic rings. The largest absolute Gasteiger partial charge is 0.368 e. The van der Waals surface area contributed by atoms with Crippen LogP contribution in [0.5, 0.6) is 0 Å². The van der Waals surface area contributed by atoms with Gasteiger partial charge in [0.05, 0.1) is 0 Å². The molecule has 0 aromatic heterocycles. The molecule has 0 saturated carbocycles. The predicted molar refractivity (Wildman–Crippen MR) is 68.6 cm³/mol. The molecule has 1 aromatic carbocycles. The van der Waals surface area contributed by atoms with Crippen molar-refractivity contribution in [3.05, 3.63) is 29.6 Å². The molecule has 1 saturated heterocycles. The van der Waals surface area contributed by atoms with Crippen LogP contribution in [0.1, 0.15) is 12.5 Å². The Morgan fingerprint density at radius 3 is 2.82 bits per heavy atom. The van der Waals surface area contributed by atoms with Gasteiger partial charge < -0.3 is 15.5 Å². The summed E-state index contributed by atoms with van der Waals surface area (Å²) in [7, 11) is 2.12. The van der Waals surface area contributed by atoms with E-state index in [0.717, 1.165) is 25.3 Å². The van der Waals surface area contributed by atoms with E-state index in [2.05, 4.69) is 23.8 Å². The molecule has 2 N–H and O–H groups in total. The Balaban J connectivity index is 2.25. The molecule has 0 radical (unpaired) electrons. The maximum Gasteiger partial charge on any atom is 0.129 e. The van der Waals surface area contributed by atoms with Gasteiger partial charge in [-0.2, -0.15) is 0 Å². The number of hydrogen-bond acceptors (Lipinski definition) is 3. The molecule has 94 valence electrons. The third kappa shape index (κ3) is 2.42. The van der Waals surface area contributed by atoms with Gasteiger partial charge in [0.25, 0.3) is 0 Å². The zero-order valence-electron chi connectivity index (χ0n) is 10.5. The van der Waals surface area contributed by atoms with Crippen LogP contribution >= 0.6 is 0 Å². The van der Waals surface area contributed by atoms with Gasteiger partial charge in [0, 0.05) is 43.5 Å². The highest BCUT2D eigenvalue weighted by Gasteiger charge is 2.22. The second-order valence-electron chi connectivity index (χ2n) is 4.72.